The predicted octanol–water partition coefficient (Wildman–Crippen LogP) is 5.95. The van der Waals surface area contributed by atoms with Crippen molar-refractivity contribution in [2.75, 3.05) is 25.5 Å². The van der Waals surface area contributed by atoms with Crippen LogP contribution in [-0.4, -0.2) is 52.6 Å². The van der Waals surface area contributed by atoms with E-state index in [0.29, 0.717) is 63.5 Å². The molecule has 0 spiro atoms. The number of benzene rings is 2. The van der Waals surface area contributed by atoms with Crippen LogP contribution in [0.3, 0.4) is 0 Å². The van der Waals surface area contributed by atoms with Crippen LogP contribution in [0.25, 0.3) is 22.4 Å². The lowest BCUT2D eigenvalue weighted by atomic mass is 10.0. The topological polar surface area (TPSA) is 112 Å². The van der Waals surface area contributed by atoms with Crippen LogP contribution in [-0.2, 0) is 13.1 Å². The second-order valence-electron chi connectivity index (χ2n) is 9.93. The van der Waals surface area contributed by atoms with Gasteiger partial charge in [-0.1, -0.05) is 47.5 Å². The predicted molar refractivity (Wildman–Crippen MR) is 166 cm³/mol. The standard InChI is InChI=1S/C31H34Cl2FN5O3/c1-18(40)14-35-16-21-8-7-20(13-26(21)42-3)30-28(33)24(10-12-37-30)23-5-4-6-25(27(23)32)39-31-29(34)22(9-11-38-31)17-36-15-19(2)41/h4-13,18-19,35-36,40-41H,14-17H2,1-3H3,(H,38,39)/t18-,19-/m1/s1. The zero-order valence-electron chi connectivity index (χ0n) is 23.6. The SMILES string of the molecule is COc1cc(-c2nccc(-c3cccc(Nc4nccc(CNC[C@@H](C)O)c4F)c3Cl)c2Cl)ccc1CNC[C@@H](C)O. The average molecular weight is 615 g/mol. The molecule has 2 aromatic carbocycles. The van der Waals surface area contributed by atoms with E-state index in [-0.39, 0.29) is 12.4 Å². The highest BCUT2D eigenvalue weighted by molar-refractivity contribution is 6.39. The van der Waals surface area contributed by atoms with Crippen molar-refractivity contribution in [3.05, 3.63) is 87.9 Å². The van der Waals surface area contributed by atoms with Gasteiger partial charge in [0.2, 0.25) is 0 Å². The highest BCUT2D eigenvalue weighted by Gasteiger charge is 2.18. The van der Waals surface area contributed by atoms with Crippen LogP contribution in [0.2, 0.25) is 10.0 Å². The van der Waals surface area contributed by atoms with Gasteiger partial charge in [0.15, 0.2) is 11.6 Å². The van der Waals surface area contributed by atoms with Gasteiger partial charge in [0.1, 0.15) is 5.75 Å². The van der Waals surface area contributed by atoms with Crippen molar-refractivity contribution in [2.45, 2.75) is 39.1 Å². The minimum atomic E-state index is -0.542. The second-order valence-corrected chi connectivity index (χ2v) is 10.7. The molecule has 0 saturated carbocycles. The van der Waals surface area contributed by atoms with E-state index in [1.165, 1.54) is 6.20 Å². The molecule has 2 atom stereocenters. The molecule has 0 unspecified atom stereocenters. The van der Waals surface area contributed by atoms with Crippen molar-refractivity contribution in [1.29, 1.82) is 0 Å². The van der Waals surface area contributed by atoms with E-state index in [1.807, 2.05) is 24.3 Å². The Bertz CT molecular complexity index is 1520. The molecule has 8 nitrogen and oxygen atoms in total. The molecule has 222 valence electrons. The zero-order valence-corrected chi connectivity index (χ0v) is 25.1. The first-order valence-electron chi connectivity index (χ1n) is 13.5. The fraction of sp³-hybridized carbons (Fsp3) is 0.290. The molecule has 2 heterocycles. The molecule has 0 saturated heterocycles. The number of methoxy groups -OCH3 is 1. The van der Waals surface area contributed by atoms with Crippen molar-refractivity contribution >= 4 is 34.7 Å². The van der Waals surface area contributed by atoms with Gasteiger partial charge < -0.3 is 30.9 Å². The summed E-state index contributed by atoms with van der Waals surface area (Å²) in [6, 6.07) is 14.4. The summed E-state index contributed by atoms with van der Waals surface area (Å²) in [6.07, 6.45) is 2.17. The monoisotopic (exact) mass is 613 g/mol. The molecule has 2 aromatic heterocycles. The summed E-state index contributed by atoms with van der Waals surface area (Å²) >= 11 is 13.7. The Balaban J connectivity index is 1.61. The summed E-state index contributed by atoms with van der Waals surface area (Å²) < 4.78 is 20.8. The summed E-state index contributed by atoms with van der Waals surface area (Å²) in [5.74, 6) is 0.178. The minimum Gasteiger partial charge on any atom is -0.496 e. The van der Waals surface area contributed by atoms with Crippen molar-refractivity contribution in [3.63, 3.8) is 0 Å². The number of rotatable bonds is 13. The molecule has 0 aliphatic rings. The summed E-state index contributed by atoms with van der Waals surface area (Å²) in [6.45, 7) is 4.95. The average Bonchev–Trinajstić information content (AvgIpc) is 2.96. The third-order valence-corrected chi connectivity index (χ3v) is 7.26. The van der Waals surface area contributed by atoms with E-state index < -0.39 is 18.0 Å². The van der Waals surface area contributed by atoms with Crippen LogP contribution in [0.4, 0.5) is 15.9 Å². The number of hydrogen-bond acceptors (Lipinski definition) is 8. The highest BCUT2D eigenvalue weighted by Crippen LogP contribution is 2.41. The maximum Gasteiger partial charge on any atom is 0.170 e. The number of pyridine rings is 2. The lowest BCUT2D eigenvalue weighted by Gasteiger charge is -2.16. The maximum absolute atomic E-state index is 15.2. The lowest BCUT2D eigenvalue weighted by Crippen LogP contribution is -2.24. The number of halogens is 3. The van der Waals surface area contributed by atoms with E-state index >= 15 is 4.39 Å². The van der Waals surface area contributed by atoms with Gasteiger partial charge in [-0.25, -0.2) is 9.37 Å². The first-order chi connectivity index (χ1) is 20.2. The van der Waals surface area contributed by atoms with Gasteiger partial charge in [0.05, 0.1) is 40.7 Å². The van der Waals surface area contributed by atoms with Gasteiger partial charge in [0, 0.05) is 66.4 Å². The van der Waals surface area contributed by atoms with Gasteiger partial charge in [-0.15, -0.1) is 0 Å². The van der Waals surface area contributed by atoms with E-state index in [2.05, 4.69) is 25.9 Å². The first-order valence-corrected chi connectivity index (χ1v) is 14.2. The molecule has 5 N–H and O–H groups in total. The van der Waals surface area contributed by atoms with Crippen LogP contribution >= 0.6 is 23.2 Å². The quantitative estimate of drug-likeness (QED) is 0.126. The van der Waals surface area contributed by atoms with Gasteiger partial charge >= 0.3 is 0 Å². The van der Waals surface area contributed by atoms with Crippen molar-refractivity contribution in [1.82, 2.24) is 20.6 Å². The van der Waals surface area contributed by atoms with Crippen LogP contribution < -0.4 is 20.7 Å². The zero-order chi connectivity index (χ0) is 30.2. The summed E-state index contributed by atoms with van der Waals surface area (Å²) in [4.78, 5) is 8.68. The fourth-order valence-corrected chi connectivity index (χ4v) is 4.99. The summed E-state index contributed by atoms with van der Waals surface area (Å²) in [5, 5.41) is 28.9. The second kappa shape index (κ2) is 14.7. The lowest BCUT2D eigenvalue weighted by molar-refractivity contribution is 0.190. The Morgan fingerprint density at radius 3 is 2.21 bits per heavy atom. The van der Waals surface area contributed by atoms with Crippen LogP contribution in [0.5, 0.6) is 5.75 Å². The van der Waals surface area contributed by atoms with E-state index in [9.17, 15) is 10.2 Å². The van der Waals surface area contributed by atoms with Crippen LogP contribution in [0.15, 0.2) is 60.9 Å². The number of hydrogen-bond donors (Lipinski definition) is 5. The minimum absolute atomic E-state index is 0.0297. The van der Waals surface area contributed by atoms with Gasteiger partial charge in [-0.2, -0.15) is 0 Å². The number of aliphatic hydroxyl groups is 2. The Hall–Kier alpha value is -3.31. The summed E-state index contributed by atoms with van der Waals surface area (Å²) in [5.41, 5.74) is 4.39. The molecule has 0 fully saturated rings. The molecule has 0 bridgehead atoms. The Kier molecular flexibility index (Phi) is 11.1. The first kappa shape index (κ1) is 31.6. The molecule has 0 aliphatic heterocycles. The third kappa shape index (κ3) is 7.74. The molecular formula is C31H34Cl2FN5O3. The fourth-order valence-electron chi connectivity index (χ4n) is 4.39. The van der Waals surface area contributed by atoms with Crippen molar-refractivity contribution in [2.24, 2.45) is 0 Å². The molecule has 0 amide bonds. The maximum atomic E-state index is 15.2. The summed E-state index contributed by atoms with van der Waals surface area (Å²) in [7, 11) is 1.60. The molecule has 11 heteroatoms. The Morgan fingerprint density at radius 2 is 1.52 bits per heavy atom. The number of nitrogens with zero attached hydrogens (tertiary/aromatic N) is 2. The molecule has 42 heavy (non-hydrogen) atoms. The van der Waals surface area contributed by atoms with Gasteiger partial charge in [0.25, 0.3) is 0 Å². The van der Waals surface area contributed by atoms with E-state index in [0.717, 1.165) is 11.1 Å². The van der Waals surface area contributed by atoms with Crippen molar-refractivity contribution < 1.29 is 19.3 Å². The number of nitrogens with one attached hydrogen (secondary N) is 3. The molecular weight excluding hydrogens is 580 g/mol. The largest absolute Gasteiger partial charge is 0.496 e. The van der Waals surface area contributed by atoms with E-state index in [1.54, 1.807) is 51.4 Å². The number of aliphatic hydroxyl groups excluding tert-OH is 2. The smallest absolute Gasteiger partial charge is 0.170 e. The van der Waals surface area contributed by atoms with Crippen LogP contribution in [0, 0.1) is 5.82 Å². The molecule has 0 radical (unpaired) electrons. The van der Waals surface area contributed by atoms with E-state index in [4.69, 9.17) is 27.9 Å². The number of ether oxygens (including phenoxy) is 1. The highest BCUT2D eigenvalue weighted by atomic mass is 35.5. The molecule has 0 aliphatic carbocycles. The van der Waals surface area contributed by atoms with Crippen LogP contribution in [0.1, 0.15) is 25.0 Å². The molecule has 4 aromatic rings. The van der Waals surface area contributed by atoms with Gasteiger partial charge in [-0.3, -0.25) is 4.98 Å². The molecule has 4 rings (SSSR count). The van der Waals surface area contributed by atoms with Crippen molar-refractivity contribution in [3.8, 4) is 28.1 Å². The number of anilines is 2. The van der Waals surface area contributed by atoms with Gasteiger partial charge in [-0.05, 0) is 38.1 Å². The Morgan fingerprint density at radius 1 is 0.857 bits per heavy atom. The number of aromatic nitrogens is 2. The third-order valence-electron chi connectivity index (χ3n) is 6.47. The normalized spacial score (nSPS) is 12.7. The Labute approximate surface area is 254 Å².